The summed E-state index contributed by atoms with van der Waals surface area (Å²) in [5, 5.41) is 0.747. The zero-order valence-corrected chi connectivity index (χ0v) is 21.1. The fraction of sp³-hybridized carbons (Fsp3) is 0.200. The summed E-state index contributed by atoms with van der Waals surface area (Å²) in [4.78, 5) is 27.0. The summed E-state index contributed by atoms with van der Waals surface area (Å²) in [6.07, 6.45) is 1.75. The Balaban J connectivity index is 1.51. The summed E-state index contributed by atoms with van der Waals surface area (Å²) in [6, 6.07) is 14.5. The smallest absolute Gasteiger partial charge is 0.293 e. The lowest BCUT2D eigenvalue weighted by atomic mass is 10.2. The van der Waals surface area contributed by atoms with Crippen molar-refractivity contribution in [3.8, 4) is 17.2 Å². The molecule has 9 heteroatoms. The minimum absolute atomic E-state index is 0.139. The predicted molar refractivity (Wildman–Crippen MR) is 136 cm³/mol. The van der Waals surface area contributed by atoms with Gasteiger partial charge in [0, 0.05) is 27.1 Å². The molecule has 2 aromatic carbocycles. The van der Waals surface area contributed by atoms with Gasteiger partial charge in [0.05, 0.1) is 18.6 Å². The van der Waals surface area contributed by atoms with Gasteiger partial charge in [0.15, 0.2) is 11.5 Å². The van der Waals surface area contributed by atoms with Crippen LogP contribution in [0.1, 0.15) is 17.0 Å². The lowest BCUT2D eigenvalue weighted by Crippen LogP contribution is -2.32. The number of benzene rings is 2. The van der Waals surface area contributed by atoms with Gasteiger partial charge in [-0.2, -0.15) is 0 Å². The van der Waals surface area contributed by atoms with Crippen molar-refractivity contribution < 1.29 is 19.1 Å². The summed E-state index contributed by atoms with van der Waals surface area (Å²) in [5.41, 5.74) is 3.52. The number of imide groups is 1. The number of methoxy groups -OCH3 is 1. The Morgan fingerprint density at radius 3 is 2.35 bits per heavy atom. The maximum Gasteiger partial charge on any atom is 0.293 e. The average Bonchev–Trinajstić information content (AvgIpc) is 3.22. The molecule has 0 N–H and O–H groups in total. The van der Waals surface area contributed by atoms with Crippen molar-refractivity contribution in [2.75, 3.05) is 20.3 Å². The molecule has 0 saturated carbocycles. The highest BCUT2D eigenvalue weighted by Gasteiger charge is 2.35. The first-order chi connectivity index (χ1) is 16.3. The third kappa shape index (κ3) is 4.97. The number of hydrogen-bond donors (Lipinski definition) is 0. The van der Waals surface area contributed by atoms with E-state index in [1.165, 1.54) is 4.90 Å². The zero-order chi connectivity index (χ0) is 24.4. The Bertz CT molecular complexity index is 1280. The molecular weight excluding hydrogens is 495 g/mol. The van der Waals surface area contributed by atoms with Crippen molar-refractivity contribution in [3.63, 3.8) is 0 Å². The maximum absolute atomic E-state index is 12.9. The highest BCUT2D eigenvalue weighted by atomic mass is 35.5. The minimum Gasteiger partial charge on any atom is -0.493 e. The molecule has 34 heavy (non-hydrogen) atoms. The Hall–Kier alpha value is -2.87. The normalized spacial score (nSPS) is 14.9. The lowest BCUT2D eigenvalue weighted by molar-refractivity contribution is -0.123. The molecule has 0 unspecified atom stereocenters. The summed E-state index contributed by atoms with van der Waals surface area (Å²) < 4.78 is 13.0. The van der Waals surface area contributed by atoms with Crippen LogP contribution in [0, 0.1) is 13.8 Å². The number of para-hydroxylation sites is 2. The van der Waals surface area contributed by atoms with Crippen molar-refractivity contribution in [2.45, 2.75) is 13.8 Å². The molecule has 0 radical (unpaired) electrons. The largest absolute Gasteiger partial charge is 0.493 e. The second-order valence-electron chi connectivity index (χ2n) is 7.62. The molecule has 2 heterocycles. The van der Waals surface area contributed by atoms with Crippen molar-refractivity contribution >= 4 is 52.2 Å². The fourth-order valence-electron chi connectivity index (χ4n) is 3.82. The first-order valence-corrected chi connectivity index (χ1v) is 12.0. The van der Waals surface area contributed by atoms with Crippen LogP contribution >= 0.6 is 35.0 Å². The van der Waals surface area contributed by atoms with Crippen molar-refractivity contribution in [1.29, 1.82) is 0 Å². The monoisotopic (exact) mass is 516 g/mol. The number of hydrogen-bond acceptors (Lipinski definition) is 5. The van der Waals surface area contributed by atoms with E-state index in [2.05, 4.69) is 0 Å². The standard InChI is InChI=1S/C25H22Cl2N2O4S/c1-15-10-17(16(2)29(15)20-13-18(26)12-19(27)14-20)11-23-24(30)28(25(31)34-23)8-9-33-22-7-5-4-6-21(22)32-3/h4-7,10-14H,8-9H2,1-3H3/b23-11-. The van der Waals surface area contributed by atoms with Gasteiger partial charge in [0.1, 0.15) is 6.61 Å². The van der Waals surface area contributed by atoms with E-state index >= 15 is 0 Å². The quantitative estimate of drug-likeness (QED) is 0.334. The average molecular weight is 517 g/mol. The second-order valence-corrected chi connectivity index (χ2v) is 9.49. The van der Waals surface area contributed by atoms with Gasteiger partial charge in [-0.1, -0.05) is 35.3 Å². The van der Waals surface area contributed by atoms with Gasteiger partial charge in [0.2, 0.25) is 0 Å². The van der Waals surface area contributed by atoms with E-state index in [1.54, 1.807) is 31.4 Å². The summed E-state index contributed by atoms with van der Waals surface area (Å²) in [6.45, 7) is 4.20. The van der Waals surface area contributed by atoms with Crippen molar-refractivity contribution in [2.24, 2.45) is 0 Å². The molecule has 176 valence electrons. The first-order valence-electron chi connectivity index (χ1n) is 10.4. The van der Waals surface area contributed by atoms with E-state index in [-0.39, 0.29) is 24.3 Å². The Morgan fingerprint density at radius 2 is 1.68 bits per heavy atom. The molecule has 1 saturated heterocycles. The third-order valence-electron chi connectivity index (χ3n) is 5.38. The van der Waals surface area contributed by atoms with E-state index in [1.807, 2.05) is 48.7 Å². The summed E-state index contributed by atoms with van der Waals surface area (Å²) in [7, 11) is 1.56. The SMILES string of the molecule is COc1ccccc1OCCN1C(=O)S/C(=C\c2cc(C)n(-c3cc(Cl)cc(Cl)c3)c2C)C1=O. The first kappa shape index (κ1) is 24.3. The molecule has 4 rings (SSSR count). The van der Waals surface area contributed by atoms with E-state index in [0.29, 0.717) is 26.4 Å². The number of ether oxygens (including phenoxy) is 2. The molecule has 0 bridgehead atoms. The van der Waals surface area contributed by atoms with Crippen LogP contribution in [-0.4, -0.2) is 40.9 Å². The lowest BCUT2D eigenvalue weighted by Gasteiger charge is -2.14. The number of rotatable bonds is 7. The summed E-state index contributed by atoms with van der Waals surface area (Å²) >= 11 is 13.3. The zero-order valence-electron chi connectivity index (χ0n) is 18.8. The summed E-state index contributed by atoms with van der Waals surface area (Å²) in [5.74, 6) is 0.809. The fourth-order valence-corrected chi connectivity index (χ4v) is 5.19. The van der Waals surface area contributed by atoms with Gasteiger partial charge in [-0.05, 0) is 73.6 Å². The second kappa shape index (κ2) is 10.2. The number of thioether (sulfide) groups is 1. The van der Waals surface area contributed by atoms with Gasteiger partial charge in [-0.25, -0.2) is 0 Å². The van der Waals surface area contributed by atoms with Crippen molar-refractivity contribution in [1.82, 2.24) is 9.47 Å². The molecule has 1 aromatic heterocycles. The minimum atomic E-state index is -0.339. The van der Waals surface area contributed by atoms with Gasteiger partial charge in [0.25, 0.3) is 11.1 Å². The van der Waals surface area contributed by atoms with Crippen LogP contribution in [0.15, 0.2) is 53.4 Å². The number of carbonyl (C=O) groups is 2. The Morgan fingerprint density at radius 1 is 1.00 bits per heavy atom. The number of halogens is 2. The molecule has 2 amide bonds. The number of amides is 2. The highest BCUT2D eigenvalue weighted by molar-refractivity contribution is 8.18. The van der Waals surface area contributed by atoms with E-state index in [4.69, 9.17) is 32.7 Å². The van der Waals surface area contributed by atoms with E-state index in [0.717, 1.165) is 34.4 Å². The number of aryl methyl sites for hydroxylation is 1. The molecule has 1 aliphatic rings. The number of carbonyl (C=O) groups excluding carboxylic acids is 2. The van der Waals surface area contributed by atoms with Crippen molar-refractivity contribution in [3.05, 3.63) is 80.4 Å². The number of nitrogens with zero attached hydrogens (tertiary/aromatic N) is 2. The van der Waals surface area contributed by atoms with Crippen LogP contribution in [0.5, 0.6) is 11.5 Å². The molecule has 3 aromatic rings. The number of aromatic nitrogens is 1. The van der Waals surface area contributed by atoms with Crippen LogP contribution < -0.4 is 9.47 Å². The molecule has 0 atom stereocenters. The topological polar surface area (TPSA) is 60.8 Å². The molecule has 0 aliphatic carbocycles. The highest BCUT2D eigenvalue weighted by Crippen LogP contribution is 2.34. The molecular formula is C25H22Cl2N2O4S. The van der Waals surface area contributed by atoms with Gasteiger partial charge >= 0.3 is 0 Å². The third-order valence-corrected chi connectivity index (χ3v) is 6.72. The molecule has 1 aliphatic heterocycles. The molecule has 1 fully saturated rings. The van der Waals surface area contributed by atoms with Crippen LogP contribution in [-0.2, 0) is 4.79 Å². The van der Waals surface area contributed by atoms with Gasteiger partial charge < -0.3 is 14.0 Å². The van der Waals surface area contributed by atoms with E-state index < -0.39 is 0 Å². The molecule has 0 spiro atoms. The van der Waals surface area contributed by atoms with Crippen LogP contribution in [0.3, 0.4) is 0 Å². The Kier molecular flexibility index (Phi) is 7.26. The van der Waals surface area contributed by atoms with Gasteiger partial charge in [-0.15, -0.1) is 0 Å². The van der Waals surface area contributed by atoms with Gasteiger partial charge in [-0.3, -0.25) is 14.5 Å². The van der Waals surface area contributed by atoms with Crippen LogP contribution in [0.2, 0.25) is 10.0 Å². The Labute approximate surface area is 212 Å². The van der Waals surface area contributed by atoms with Crippen LogP contribution in [0.4, 0.5) is 4.79 Å². The molecule has 6 nitrogen and oxygen atoms in total. The maximum atomic E-state index is 12.9. The van der Waals surface area contributed by atoms with Crippen LogP contribution in [0.25, 0.3) is 11.8 Å². The predicted octanol–water partition coefficient (Wildman–Crippen LogP) is 6.52. The van der Waals surface area contributed by atoms with E-state index in [9.17, 15) is 9.59 Å².